The Balaban J connectivity index is 2.16. The van der Waals surface area contributed by atoms with Crippen LogP contribution in [0, 0.1) is 0 Å². The molecule has 5 heteroatoms. The van der Waals surface area contributed by atoms with E-state index in [0.29, 0.717) is 6.42 Å². The Kier molecular flexibility index (Phi) is 2.53. The summed E-state index contributed by atoms with van der Waals surface area (Å²) in [6.07, 6.45) is 1.25. The number of primary sulfonamides is 1. The Hall–Kier alpha value is -1.59. The minimum absolute atomic E-state index is 0.518. The van der Waals surface area contributed by atoms with Crippen molar-refractivity contribution < 1.29 is 8.42 Å². The van der Waals surface area contributed by atoms with Gasteiger partial charge in [0, 0.05) is 11.1 Å². The molecule has 1 unspecified atom stereocenters. The van der Waals surface area contributed by atoms with Gasteiger partial charge in [0.05, 0.1) is 0 Å². The van der Waals surface area contributed by atoms with E-state index in [4.69, 9.17) is 5.14 Å². The minimum atomic E-state index is -3.55. The molecule has 2 aromatic carbocycles. The average molecular weight is 262 g/mol. The topological polar surface area (TPSA) is 72.2 Å². The lowest BCUT2D eigenvalue weighted by Crippen LogP contribution is -2.38. The maximum absolute atomic E-state index is 11.4. The maximum atomic E-state index is 11.4. The van der Waals surface area contributed by atoms with E-state index >= 15 is 0 Å². The monoisotopic (exact) mass is 262 g/mol. The molecule has 0 radical (unpaired) electrons. The molecule has 0 bridgehead atoms. The normalized spacial score (nSPS) is 19.3. The van der Waals surface area contributed by atoms with E-state index in [2.05, 4.69) is 11.4 Å². The molecule has 18 heavy (non-hydrogen) atoms. The Morgan fingerprint density at radius 3 is 2.72 bits per heavy atom. The van der Waals surface area contributed by atoms with Gasteiger partial charge in [-0.2, -0.15) is 0 Å². The highest BCUT2D eigenvalue weighted by atomic mass is 32.2. The summed E-state index contributed by atoms with van der Waals surface area (Å²) in [5, 5.41) is 9.74. The number of hydrogen-bond donors (Lipinski definition) is 2. The summed E-state index contributed by atoms with van der Waals surface area (Å²) in [6, 6.07) is 12.0. The van der Waals surface area contributed by atoms with E-state index in [9.17, 15) is 8.42 Å². The number of rotatable bonds is 1. The molecule has 4 nitrogen and oxygen atoms in total. The van der Waals surface area contributed by atoms with Crippen LogP contribution in [0.1, 0.15) is 12.0 Å². The number of sulfonamides is 1. The van der Waals surface area contributed by atoms with Gasteiger partial charge in [-0.05, 0) is 23.8 Å². The second-order valence-corrected chi connectivity index (χ2v) is 6.33. The largest absolute Gasteiger partial charge is 0.367 e. The maximum Gasteiger partial charge on any atom is 0.230 e. The van der Waals surface area contributed by atoms with E-state index in [1.54, 1.807) is 0 Å². The second kappa shape index (κ2) is 3.96. The number of aryl methyl sites for hydroxylation is 1. The first-order valence-corrected chi connectivity index (χ1v) is 7.45. The fraction of sp³-hybridized carbons (Fsp3) is 0.231. The smallest absolute Gasteiger partial charge is 0.230 e. The van der Waals surface area contributed by atoms with Crippen molar-refractivity contribution in [1.29, 1.82) is 0 Å². The molecule has 0 amide bonds. The summed E-state index contributed by atoms with van der Waals surface area (Å²) < 4.78 is 22.9. The first kappa shape index (κ1) is 11.5. The summed E-state index contributed by atoms with van der Waals surface area (Å²) in [5.41, 5.74) is 2.05. The number of hydrogen-bond acceptors (Lipinski definition) is 3. The quantitative estimate of drug-likeness (QED) is 0.823. The lowest BCUT2D eigenvalue weighted by molar-refractivity contribution is 0.578. The van der Waals surface area contributed by atoms with Crippen molar-refractivity contribution in [3.63, 3.8) is 0 Å². The number of nitrogens with one attached hydrogen (secondary N) is 1. The van der Waals surface area contributed by atoms with Gasteiger partial charge in [0.25, 0.3) is 0 Å². The number of nitrogens with two attached hydrogens (primary N) is 1. The predicted molar refractivity (Wildman–Crippen MR) is 72.8 cm³/mol. The van der Waals surface area contributed by atoms with Gasteiger partial charge in [-0.3, -0.25) is 0 Å². The summed E-state index contributed by atoms with van der Waals surface area (Å²) in [6.45, 7) is 0. The standard InChI is InChI=1S/C13H14N2O2S/c14-18(16,17)12-8-7-10-6-5-9-3-1-2-4-11(9)13(10)15-12/h1-6,12,15H,7-8H2,(H2,14,16,17). The fourth-order valence-electron chi connectivity index (χ4n) is 2.46. The van der Waals surface area contributed by atoms with E-state index in [0.717, 1.165) is 28.4 Å². The molecular formula is C13H14N2O2S. The van der Waals surface area contributed by atoms with Crippen LogP contribution in [-0.4, -0.2) is 13.8 Å². The molecule has 0 saturated carbocycles. The third kappa shape index (κ3) is 1.85. The molecule has 1 heterocycles. The molecule has 0 spiro atoms. The Bertz CT molecular complexity index is 710. The highest BCUT2D eigenvalue weighted by Gasteiger charge is 2.27. The van der Waals surface area contributed by atoms with Gasteiger partial charge in [-0.1, -0.05) is 36.4 Å². The third-order valence-corrected chi connectivity index (χ3v) is 4.54. The molecule has 2 aromatic rings. The van der Waals surface area contributed by atoms with Crippen molar-refractivity contribution in [2.24, 2.45) is 5.14 Å². The van der Waals surface area contributed by atoms with E-state index in [1.165, 1.54) is 0 Å². The highest BCUT2D eigenvalue weighted by Crippen LogP contribution is 2.33. The number of benzene rings is 2. The zero-order chi connectivity index (χ0) is 12.8. The van der Waals surface area contributed by atoms with Gasteiger partial charge in [-0.25, -0.2) is 13.6 Å². The van der Waals surface area contributed by atoms with Gasteiger partial charge in [0.2, 0.25) is 10.0 Å². The first-order chi connectivity index (χ1) is 8.55. The molecule has 0 saturated heterocycles. The third-order valence-electron chi connectivity index (χ3n) is 3.39. The van der Waals surface area contributed by atoms with Crippen molar-refractivity contribution in [2.75, 3.05) is 5.32 Å². The van der Waals surface area contributed by atoms with E-state index < -0.39 is 15.4 Å². The van der Waals surface area contributed by atoms with Crippen molar-refractivity contribution >= 4 is 26.5 Å². The molecule has 0 aliphatic carbocycles. The molecule has 3 rings (SSSR count). The van der Waals surface area contributed by atoms with Crippen LogP contribution < -0.4 is 10.5 Å². The van der Waals surface area contributed by atoms with Gasteiger partial charge < -0.3 is 5.32 Å². The zero-order valence-electron chi connectivity index (χ0n) is 9.76. The number of fused-ring (bicyclic) bond motifs is 3. The molecule has 0 fully saturated rings. The number of anilines is 1. The SMILES string of the molecule is NS(=O)(=O)C1CCc2ccc3ccccc3c2N1. The predicted octanol–water partition coefficient (Wildman–Crippen LogP) is 1.81. The Morgan fingerprint density at radius 2 is 1.94 bits per heavy atom. The zero-order valence-corrected chi connectivity index (χ0v) is 10.6. The van der Waals surface area contributed by atoms with Crippen LogP contribution in [0.4, 0.5) is 5.69 Å². The van der Waals surface area contributed by atoms with Crippen LogP contribution in [0.15, 0.2) is 36.4 Å². The highest BCUT2D eigenvalue weighted by molar-refractivity contribution is 7.89. The van der Waals surface area contributed by atoms with Crippen molar-refractivity contribution in [3.8, 4) is 0 Å². The van der Waals surface area contributed by atoms with Crippen LogP contribution in [0.3, 0.4) is 0 Å². The minimum Gasteiger partial charge on any atom is -0.367 e. The van der Waals surface area contributed by atoms with E-state index in [1.807, 2.05) is 30.3 Å². The summed E-state index contributed by atoms with van der Waals surface area (Å²) in [4.78, 5) is 0. The van der Waals surface area contributed by atoms with Gasteiger partial charge in [0.15, 0.2) is 0 Å². The molecule has 94 valence electrons. The Labute approximate surface area is 106 Å². The van der Waals surface area contributed by atoms with E-state index in [-0.39, 0.29) is 0 Å². The molecule has 1 atom stereocenters. The Morgan fingerprint density at radius 1 is 1.17 bits per heavy atom. The molecular weight excluding hydrogens is 248 g/mol. The summed E-state index contributed by atoms with van der Waals surface area (Å²) >= 11 is 0. The van der Waals surface area contributed by atoms with Crippen LogP contribution >= 0.6 is 0 Å². The van der Waals surface area contributed by atoms with Gasteiger partial charge in [-0.15, -0.1) is 0 Å². The van der Waals surface area contributed by atoms with Crippen LogP contribution in [0.25, 0.3) is 10.8 Å². The lowest BCUT2D eigenvalue weighted by Gasteiger charge is -2.26. The van der Waals surface area contributed by atoms with Crippen LogP contribution in [0.2, 0.25) is 0 Å². The first-order valence-electron chi connectivity index (χ1n) is 5.84. The summed E-state index contributed by atoms with van der Waals surface area (Å²) in [7, 11) is -3.55. The van der Waals surface area contributed by atoms with Crippen molar-refractivity contribution in [1.82, 2.24) is 0 Å². The van der Waals surface area contributed by atoms with Crippen molar-refractivity contribution in [3.05, 3.63) is 42.0 Å². The van der Waals surface area contributed by atoms with Gasteiger partial charge >= 0.3 is 0 Å². The van der Waals surface area contributed by atoms with Crippen molar-refractivity contribution in [2.45, 2.75) is 18.2 Å². The summed E-state index contributed by atoms with van der Waals surface area (Å²) in [5.74, 6) is 0. The van der Waals surface area contributed by atoms with Crippen LogP contribution in [-0.2, 0) is 16.4 Å². The average Bonchev–Trinajstić information content (AvgIpc) is 2.37. The molecule has 1 aliphatic rings. The van der Waals surface area contributed by atoms with Gasteiger partial charge in [0.1, 0.15) is 5.37 Å². The second-order valence-electron chi connectivity index (χ2n) is 4.58. The van der Waals surface area contributed by atoms with Crippen LogP contribution in [0.5, 0.6) is 0 Å². The lowest BCUT2D eigenvalue weighted by atomic mass is 9.98. The molecule has 1 aliphatic heterocycles. The molecule has 3 N–H and O–H groups in total. The fourth-order valence-corrected chi connectivity index (χ4v) is 3.19. The molecule has 0 aromatic heterocycles.